The minimum Gasteiger partial charge on any atom is -0.423 e. The standard InChI is InChI=1S/C12H12BN3O3/c17-12(15-9-4-3-7-14-8-9)16-11-6-2-1-5-10(11)13(18)19/h1-8,18-19H,(H2,15,16,17). The minimum absolute atomic E-state index is 0.226. The summed E-state index contributed by atoms with van der Waals surface area (Å²) in [5.74, 6) is 0. The highest BCUT2D eigenvalue weighted by atomic mass is 16.4. The Balaban J connectivity index is 2.07. The zero-order valence-corrected chi connectivity index (χ0v) is 9.95. The highest BCUT2D eigenvalue weighted by molar-refractivity contribution is 6.60. The van der Waals surface area contributed by atoms with Crippen molar-refractivity contribution in [2.45, 2.75) is 0 Å². The molecule has 0 radical (unpaired) electrons. The van der Waals surface area contributed by atoms with Gasteiger partial charge in [-0.25, -0.2) is 4.79 Å². The molecule has 2 amide bonds. The van der Waals surface area contributed by atoms with E-state index < -0.39 is 13.1 Å². The molecule has 1 aromatic carbocycles. The quantitative estimate of drug-likeness (QED) is 0.599. The van der Waals surface area contributed by atoms with Crippen LogP contribution in [0.4, 0.5) is 16.2 Å². The number of carbonyl (C=O) groups is 1. The number of amides is 2. The molecule has 0 spiro atoms. The van der Waals surface area contributed by atoms with Crippen LogP contribution in [0.3, 0.4) is 0 Å². The Hall–Kier alpha value is -2.38. The van der Waals surface area contributed by atoms with Crippen LogP contribution in [0.1, 0.15) is 0 Å². The monoisotopic (exact) mass is 257 g/mol. The van der Waals surface area contributed by atoms with E-state index in [4.69, 9.17) is 0 Å². The number of anilines is 2. The normalized spacial score (nSPS) is 9.79. The summed E-state index contributed by atoms with van der Waals surface area (Å²) in [6.45, 7) is 0. The van der Waals surface area contributed by atoms with Crippen molar-refractivity contribution in [2.24, 2.45) is 0 Å². The van der Waals surface area contributed by atoms with Gasteiger partial charge in [-0.1, -0.05) is 18.2 Å². The number of pyridine rings is 1. The zero-order valence-electron chi connectivity index (χ0n) is 9.95. The van der Waals surface area contributed by atoms with Gasteiger partial charge in [0.25, 0.3) is 0 Å². The topological polar surface area (TPSA) is 94.5 Å². The van der Waals surface area contributed by atoms with E-state index in [2.05, 4.69) is 15.6 Å². The van der Waals surface area contributed by atoms with Crippen LogP contribution in [0.2, 0.25) is 0 Å². The van der Waals surface area contributed by atoms with Crippen LogP contribution in [-0.4, -0.2) is 28.2 Å². The number of hydrogen-bond donors (Lipinski definition) is 4. The van der Waals surface area contributed by atoms with Gasteiger partial charge in [0.1, 0.15) is 0 Å². The van der Waals surface area contributed by atoms with Crippen LogP contribution < -0.4 is 16.1 Å². The van der Waals surface area contributed by atoms with Crippen LogP contribution in [0.5, 0.6) is 0 Å². The molecular formula is C12H12BN3O3. The summed E-state index contributed by atoms with van der Waals surface area (Å²) in [5, 5.41) is 23.5. The number of aromatic nitrogens is 1. The van der Waals surface area contributed by atoms with Gasteiger partial charge in [0.2, 0.25) is 0 Å². The third-order valence-corrected chi connectivity index (χ3v) is 2.41. The highest BCUT2D eigenvalue weighted by Crippen LogP contribution is 2.07. The fourth-order valence-electron chi connectivity index (χ4n) is 1.56. The van der Waals surface area contributed by atoms with Gasteiger partial charge in [0.15, 0.2) is 0 Å². The lowest BCUT2D eigenvalue weighted by molar-refractivity contribution is 0.262. The van der Waals surface area contributed by atoms with E-state index in [0.29, 0.717) is 11.4 Å². The van der Waals surface area contributed by atoms with E-state index in [1.165, 1.54) is 12.3 Å². The van der Waals surface area contributed by atoms with Crippen molar-refractivity contribution in [3.8, 4) is 0 Å². The van der Waals surface area contributed by atoms with Crippen molar-refractivity contribution in [1.29, 1.82) is 0 Å². The van der Waals surface area contributed by atoms with Gasteiger partial charge in [0, 0.05) is 17.3 Å². The Morgan fingerprint density at radius 3 is 2.58 bits per heavy atom. The van der Waals surface area contributed by atoms with Crippen LogP contribution in [-0.2, 0) is 0 Å². The molecule has 0 fully saturated rings. The molecule has 0 bridgehead atoms. The van der Waals surface area contributed by atoms with E-state index in [-0.39, 0.29) is 5.46 Å². The first-order valence-electron chi connectivity index (χ1n) is 5.60. The molecule has 0 saturated carbocycles. The molecular weight excluding hydrogens is 245 g/mol. The number of benzene rings is 1. The van der Waals surface area contributed by atoms with E-state index in [0.717, 1.165) is 0 Å². The zero-order chi connectivity index (χ0) is 13.7. The Morgan fingerprint density at radius 1 is 1.11 bits per heavy atom. The van der Waals surface area contributed by atoms with Gasteiger partial charge in [-0.3, -0.25) is 4.98 Å². The third-order valence-electron chi connectivity index (χ3n) is 2.41. The highest BCUT2D eigenvalue weighted by Gasteiger charge is 2.16. The largest absolute Gasteiger partial charge is 0.490 e. The summed E-state index contributed by atoms with van der Waals surface area (Å²) in [4.78, 5) is 15.6. The van der Waals surface area contributed by atoms with Crippen molar-refractivity contribution >= 4 is 30.0 Å². The molecule has 2 aromatic rings. The lowest BCUT2D eigenvalue weighted by Gasteiger charge is -2.11. The first-order valence-corrected chi connectivity index (χ1v) is 5.60. The molecule has 19 heavy (non-hydrogen) atoms. The fourth-order valence-corrected chi connectivity index (χ4v) is 1.56. The molecule has 0 unspecified atom stereocenters. The van der Waals surface area contributed by atoms with Crippen molar-refractivity contribution in [3.63, 3.8) is 0 Å². The van der Waals surface area contributed by atoms with Crippen molar-refractivity contribution in [1.82, 2.24) is 4.98 Å². The Labute approximate surface area is 110 Å². The maximum absolute atomic E-state index is 11.7. The molecule has 1 aromatic heterocycles. The average molecular weight is 257 g/mol. The Kier molecular flexibility index (Phi) is 4.12. The summed E-state index contributed by atoms with van der Waals surface area (Å²) >= 11 is 0. The Morgan fingerprint density at radius 2 is 1.89 bits per heavy atom. The average Bonchev–Trinajstić information content (AvgIpc) is 2.40. The second-order valence-electron chi connectivity index (χ2n) is 3.78. The first-order chi connectivity index (χ1) is 9.16. The second-order valence-corrected chi connectivity index (χ2v) is 3.78. The molecule has 1 heterocycles. The van der Waals surface area contributed by atoms with E-state index in [9.17, 15) is 14.8 Å². The maximum Gasteiger partial charge on any atom is 0.490 e. The summed E-state index contributed by atoms with van der Waals surface area (Å²) in [6.07, 6.45) is 3.10. The van der Waals surface area contributed by atoms with Crippen LogP contribution in [0.25, 0.3) is 0 Å². The van der Waals surface area contributed by atoms with Crippen molar-refractivity contribution < 1.29 is 14.8 Å². The molecule has 0 aliphatic heterocycles. The molecule has 96 valence electrons. The van der Waals surface area contributed by atoms with E-state index in [1.54, 1.807) is 36.5 Å². The van der Waals surface area contributed by atoms with Gasteiger partial charge in [-0.05, 0) is 18.2 Å². The smallest absolute Gasteiger partial charge is 0.423 e. The second kappa shape index (κ2) is 5.99. The summed E-state index contributed by atoms with van der Waals surface area (Å²) in [6, 6.07) is 9.34. The minimum atomic E-state index is -1.64. The number of nitrogens with zero attached hydrogens (tertiary/aromatic N) is 1. The van der Waals surface area contributed by atoms with Gasteiger partial charge < -0.3 is 20.7 Å². The molecule has 0 aliphatic carbocycles. The SMILES string of the molecule is O=C(Nc1cccnc1)Nc1ccccc1B(O)O. The number of urea groups is 1. The van der Waals surface area contributed by atoms with Crippen molar-refractivity contribution in [3.05, 3.63) is 48.8 Å². The first kappa shape index (κ1) is 13.1. The number of rotatable bonds is 3. The van der Waals surface area contributed by atoms with Crippen LogP contribution in [0, 0.1) is 0 Å². The summed E-state index contributed by atoms with van der Waals surface area (Å²) in [7, 11) is -1.64. The molecule has 0 aliphatic rings. The molecule has 0 saturated heterocycles. The number of para-hydroxylation sites is 1. The van der Waals surface area contributed by atoms with Gasteiger partial charge >= 0.3 is 13.1 Å². The molecule has 2 rings (SSSR count). The summed E-state index contributed by atoms with van der Waals surface area (Å²) in [5.41, 5.74) is 1.10. The van der Waals surface area contributed by atoms with E-state index in [1.807, 2.05) is 0 Å². The third kappa shape index (κ3) is 3.54. The molecule has 6 nitrogen and oxygen atoms in total. The Bertz CT molecular complexity index is 563. The molecule has 0 atom stereocenters. The van der Waals surface area contributed by atoms with Gasteiger partial charge in [-0.2, -0.15) is 0 Å². The van der Waals surface area contributed by atoms with Crippen LogP contribution in [0.15, 0.2) is 48.8 Å². The lowest BCUT2D eigenvalue weighted by atomic mass is 9.79. The number of hydrogen-bond acceptors (Lipinski definition) is 4. The molecule has 4 N–H and O–H groups in total. The maximum atomic E-state index is 11.7. The lowest BCUT2D eigenvalue weighted by Crippen LogP contribution is -2.34. The predicted octanol–water partition coefficient (Wildman–Crippen LogP) is 0.405. The van der Waals surface area contributed by atoms with E-state index >= 15 is 0 Å². The number of carbonyl (C=O) groups excluding carboxylic acids is 1. The van der Waals surface area contributed by atoms with Gasteiger partial charge in [-0.15, -0.1) is 0 Å². The van der Waals surface area contributed by atoms with Crippen molar-refractivity contribution in [2.75, 3.05) is 10.6 Å². The molecule has 7 heteroatoms. The number of nitrogens with one attached hydrogen (secondary N) is 2. The fraction of sp³-hybridized carbons (Fsp3) is 0. The van der Waals surface area contributed by atoms with Crippen LogP contribution >= 0.6 is 0 Å². The summed E-state index contributed by atoms with van der Waals surface area (Å²) < 4.78 is 0. The predicted molar refractivity (Wildman–Crippen MR) is 73.1 cm³/mol. The van der Waals surface area contributed by atoms with Gasteiger partial charge in [0.05, 0.1) is 11.9 Å².